The van der Waals surface area contributed by atoms with Gasteiger partial charge in [-0.05, 0) is 48.9 Å². The Bertz CT molecular complexity index is 899. The highest BCUT2D eigenvalue weighted by Gasteiger charge is 2.10. The molecule has 0 saturated carbocycles. The van der Waals surface area contributed by atoms with Gasteiger partial charge in [0.25, 0.3) is 5.91 Å². The number of nitrogens with zero attached hydrogens (tertiary/aromatic N) is 1. The third-order valence-corrected chi connectivity index (χ3v) is 3.71. The zero-order valence-electron chi connectivity index (χ0n) is 15.7. The molecule has 144 valence electrons. The lowest BCUT2D eigenvalue weighted by Gasteiger charge is -2.07. The van der Waals surface area contributed by atoms with Crippen molar-refractivity contribution >= 4 is 17.6 Å². The Kier molecular flexibility index (Phi) is 7.61. The van der Waals surface area contributed by atoms with Crippen LogP contribution in [-0.4, -0.2) is 25.6 Å². The van der Waals surface area contributed by atoms with Gasteiger partial charge in [0, 0.05) is 18.4 Å². The van der Waals surface area contributed by atoms with Crippen molar-refractivity contribution in [1.82, 2.24) is 5.32 Å². The summed E-state index contributed by atoms with van der Waals surface area (Å²) in [5.74, 6) is -0.253. The maximum atomic E-state index is 12.3. The van der Waals surface area contributed by atoms with Gasteiger partial charge in [0.05, 0.1) is 19.3 Å². The minimum atomic E-state index is -0.551. The number of nitrogens with one attached hydrogen (secondary N) is 2. The Morgan fingerprint density at radius 1 is 1.18 bits per heavy atom. The molecule has 1 amide bonds. The van der Waals surface area contributed by atoms with Crippen molar-refractivity contribution in [3.63, 3.8) is 0 Å². The van der Waals surface area contributed by atoms with Gasteiger partial charge in [0.1, 0.15) is 17.4 Å². The lowest BCUT2D eigenvalue weighted by molar-refractivity contribution is -0.112. The molecule has 0 bridgehead atoms. The predicted octanol–water partition coefficient (Wildman–Crippen LogP) is 3.01. The van der Waals surface area contributed by atoms with Crippen LogP contribution in [0, 0.1) is 11.3 Å². The first-order chi connectivity index (χ1) is 13.6. The van der Waals surface area contributed by atoms with Crippen molar-refractivity contribution in [3.05, 3.63) is 71.4 Å². The lowest BCUT2D eigenvalue weighted by atomic mass is 10.2. The summed E-state index contributed by atoms with van der Waals surface area (Å²) in [6.45, 7) is 2.45. The van der Waals surface area contributed by atoms with Gasteiger partial charge in [-0.2, -0.15) is 5.26 Å². The van der Waals surface area contributed by atoms with Crippen molar-refractivity contribution in [2.24, 2.45) is 0 Å². The van der Waals surface area contributed by atoms with Crippen LogP contribution in [0.4, 0.5) is 5.69 Å². The first-order valence-electron chi connectivity index (χ1n) is 8.62. The summed E-state index contributed by atoms with van der Waals surface area (Å²) in [6, 6.07) is 15.6. The second-order valence-corrected chi connectivity index (χ2v) is 5.65. The number of hydrogen-bond donors (Lipinski definition) is 2. The quantitative estimate of drug-likeness (QED) is 0.415. The van der Waals surface area contributed by atoms with E-state index in [4.69, 9.17) is 9.47 Å². The number of nitriles is 1. The smallest absolute Gasteiger partial charge is 0.338 e. The van der Waals surface area contributed by atoms with Gasteiger partial charge < -0.3 is 20.1 Å². The van der Waals surface area contributed by atoms with Crippen LogP contribution in [0.2, 0.25) is 0 Å². The molecular weight excluding hydrogens is 358 g/mol. The second-order valence-electron chi connectivity index (χ2n) is 5.65. The van der Waals surface area contributed by atoms with Gasteiger partial charge >= 0.3 is 5.97 Å². The molecule has 7 heteroatoms. The molecule has 2 aromatic carbocycles. The molecule has 0 heterocycles. The number of methoxy groups -OCH3 is 1. The molecule has 0 radical (unpaired) electrons. The molecule has 0 unspecified atom stereocenters. The van der Waals surface area contributed by atoms with Gasteiger partial charge in [-0.1, -0.05) is 12.1 Å². The molecule has 28 heavy (non-hydrogen) atoms. The normalized spacial score (nSPS) is 10.5. The van der Waals surface area contributed by atoms with E-state index in [9.17, 15) is 14.9 Å². The largest absolute Gasteiger partial charge is 0.497 e. The molecule has 0 aromatic heterocycles. The first-order valence-corrected chi connectivity index (χ1v) is 8.62. The zero-order valence-corrected chi connectivity index (χ0v) is 15.7. The molecule has 0 aliphatic rings. The fraction of sp³-hybridized carbons (Fsp3) is 0.190. The SMILES string of the molecule is CCOC(=O)c1ccc(NC(=O)/C(C#N)=C\NCc2cccc(OC)c2)cc1. The average Bonchev–Trinajstić information content (AvgIpc) is 2.72. The fourth-order valence-corrected chi connectivity index (χ4v) is 2.30. The van der Waals surface area contributed by atoms with E-state index in [1.165, 1.54) is 6.20 Å². The number of esters is 1. The van der Waals surface area contributed by atoms with Gasteiger partial charge in [-0.25, -0.2) is 4.79 Å². The monoisotopic (exact) mass is 379 g/mol. The standard InChI is InChI=1S/C21H21N3O4/c1-3-28-21(26)16-7-9-18(10-8-16)24-20(25)17(12-22)14-23-13-15-5-4-6-19(11-15)27-2/h4-11,14,23H,3,13H2,1-2H3,(H,24,25)/b17-14-. The average molecular weight is 379 g/mol. The Morgan fingerprint density at radius 3 is 2.57 bits per heavy atom. The van der Waals surface area contributed by atoms with Gasteiger partial charge in [-0.3, -0.25) is 4.79 Å². The predicted molar refractivity (Wildman–Crippen MR) is 105 cm³/mol. The molecule has 2 aromatic rings. The zero-order chi connectivity index (χ0) is 20.4. The molecule has 2 rings (SSSR count). The van der Waals surface area contributed by atoms with Crippen LogP contribution in [0.25, 0.3) is 0 Å². The van der Waals surface area contributed by atoms with Crippen molar-refractivity contribution in [2.75, 3.05) is 19.0 Å². The number of carbonyl (C=O) groups excluding carboxylic acids is 2. The summed E-state index contributed by atoms with van der Waals surface area (Å²) >= 11 is 0. The number of carbonyl (C=O) groups is 2. The van der Waals surface area contributed by atoms with Crippen molar-refractivity contribution in [1.29, 1.82) is 5.26 Å². The highest BCUT2D eigenvalue weighted by Crippen LogP contribution is 2.13. The van der Waals surface area contributed by atoms with E-state index in [2.05, 4.69) is 10.6 Å². The number of amides is 1. The summed E-state index contributed by atoms with van der Waals surface area (Å²) in [7, 11) is 1.59. The third kappa shape index (κ3) is 5.88. The summed E-state index contributed by atoms with van der Waals surface area (Å²) in [5.41, 5.74) is 1.73. The van der Waals surface area contributed by atoms with E-state index in [0.29, 0.717) is 17.8 Å². The van der Waals surface area contributed by atoms with E-state index in [1.807, 2.05) is 30.3 Å². The number of hydrogen-bond acceptors (Lipinski definition) is 6. The highest BCUT2D eigenvalue weighted by atomic mass is 16.5. The minimum absolute atomic E-state index is 0.0719. The van der Waals surface area contributed by atoms with E-state index < -0.39 is 11.9 Å². The third-order valence-electron chi connectivity index (χ3n) is 3.71. The number of rotatable bonds is 8. The van der Waals surface area contributed by atoms with E-state index in [-0.39, 0.29) is 12.2 Å². The fourth-order valence-electron chi connectivity index (χ4n) is 2.30. The van der Waals surface area contributed by atoms with Crippen LogP contribution >= 0.6 is 0 Å². The van der Waals surface area contributed by atoms with Crippen molar-refractivity contribution in [3.8, 4) is 11.8 Å². The Hall–Kier alpha value is -3.79. The molecule has 0 aliphatic heterocycles. The van der Waals surface area contributed by atoms with Crippen molar-refractivity contribution < 1.29 is 19.1 Å². The van der Waals surface area contributed by atoms with Crippen LogP contribution < -0.4 is 15.4 Å². The van der Waals surface area contributed by atoms with Crippen LogP contribution in [0.15, 0.2) is 60.3 Å². The maximum Gasteiger partial charge on any atom is 0.338 e. The maximum absolute atomic E-state index is 12.3. The molecule has 0 spiro atoms. The van der Waals surface area contributed by atoms with Crippen LogP contribution in [-0.2, 0) is 16.1 Å². The van der Waals surface area contributed by atoms with Gasteiger partial charge in [0.15, 0.2) is 0 Å². The molecule has 0 aliphatic carbocycles. The van der Waals surface area contributed by atoms with Gasteiger partial charge in [0.2, 0.25) is 0 Å². The van der Waals surface area contributed by atoms with Crippen molar-refractivity contribution in [2.45, 2.75) is 13.5 Å². The summed E-state index contributed by atoms with van der Waals surface area (Å²) in [5, 5.41) is 14.8. The van der Waals surface area contributed by atoms with Crippen LogP contribution in [0.5, 0.6) is 5.75 Å². The lowest BCUT2D eigenvalue weighted by Crippen LogP contribution is -2.16. The van der Waals surface area contributed by atoms with E-state index >= 15 is 0 Å². The van der Waals surface area contributed by atoms with Crippen LogP contribution in [0.1, 0.15) is 22.8 Å². The molecule has 0 saturated heterocycles. The molecule has 0 fully saturated rings. The summed E-state index contributed by atoms with van der Waals surface area (Å²) in [6.07, 6.45) is 1.36. The number of ether oxygens (including phenoxy) is 2. The number of anilines is 1. The van der Waals surface area contributed by atoms with E-state index in [1.54, 1.807) is 38.3 Å². The van der Waals surface area contributed by atoms with Crippen LogP contribution in [0.3, 0.4) is 0 Å². The first kappa shape index (κ1) is 20.5. The second kappa shape index (κ2) is 10.4. The van der Waals surface area contributed by atoms with E-state index in [0.717, 1.165) is 11.3 Å². The molecular formula is C21H21N3O4. The summed E-state index contributed by atoms with van der Waals surface area (Å²) in [4.78, 5) is 23.9. The number of benzene rings is 2. The molecule has 0 atom stereocenters. The summed E-state index contributed by atoms with van der Waals surface area (Å²) < 4.78 is 10.1. The topological polar surface area (TPSA) is 100 Å². The Labute approximate surface area is 163 Å². The molecule has 7 nitrogen and oxygen atoms in total. The minimum Gasteiger partial charge on any atom is -0.497 e. The Morgan fingerprint density at radius 2 is 1.93 bits per heavy atom. The molecule has 2 N–H and O–H groups in total. The van der Waals surface area contributed by atoms with Gasteiger partial charge in [-0.15, -0.1) is 0 Å². The highest BCUT2D eigenvalue weighted by molar-refractivity contribution is 6.06. The Balaban J connectivity index is 1.96.